The van der Waals surface area contributed by atoms with Crippen LogP contribution in [0, 0.1) is 29.6 Å². The van der Waals surface area contributed by atoms with Crippen molar-refractivity contribution < 1.29 is 4.79 Å². The van der Waals surface area contributed by atoms with E-state index in [2.05, 4.69) is 53.4 Å². The van der Waals surface area contributed by atoms with Gasteiger partial charge in [0.25, 0.3) is 0 Å². The number of hydrogen-bond acceptors (Lipinski definition) is 1. The third-order valence-corrected chi connectivity index (χ3v) is 4.87. The molecule has 1 saturated heterocycles. The van der Waals surface area contributed by atoms with Crippen LogP contribution >= 0.6 is 0 Å². The molecule has 0 aliphatic carbocycles. The molecule has 0 radical (unpaired) electrons. The number of amides is 1. The lowest BCUT2D eigenvalue weighted by atomic mass is 9.81. The van der Waals surface area contributed by atoms with E-state index in [0.29, 0.717) is 35.6 Å². The van der Waals surface area contributed by atoms with E-state index in [1.807, 2.05) is 0 Å². The van der Waals surface area contributed by atoms with Gasteiger partial charge in [-0.3, -0.25) is 4.79 Å². The summed E-state index contributed by atoms with van der Waals surface area (Å²) in [7, 11) is 0. The minimum Gasteiger partial charge on any atom is -0.339 e. The third-order valence-electron chi connectivity index (χ3n) is 4.87. The summed E-state index contributed by atoms with van der Waals surface area (Å²) in [6, 6.07) is 0.452. The molecule has 0 aromatic carbocycles. The second-order valence-electron chi connectivity index (χ2n) is 7.30. The lowest BCUT2D eigenvalue weighted by molar-refractivity contribution is -0.140. The van der Waals surface area contributed by atoms with Gasteiger partial charge in [-0.1, -0.05) is 54.9 Å². The van der Waals surface area contributed by atoms with E-state index in [9.17, 15) is 4.79 Å². The van der Waals surface area contributed by atoms with E-state index in [1.54, 1.807) is 0 Å². The summed E-state index contributed by atoms with van der Waals surface area (Å²) in [6.07, 6.45) is 2.26. The van der Waals surface area contributed by atoms with Gasteiger partial charge in [-0.15, -0.1) is 0 Å². The molecular weight excluding hydrogens is 234 g/mol. The molecule has 4 atom stereocenters. The number of carbonyl (C=O) groups is 1. The molecule has 0 aromatic rings. The molecule has 19 heavy (non-hydrogen) atoms. The van der Waals surface area contributed by atoms with Crippen molar-refractivity contribution in [3.05, 3.63) is 0 Å². The summed E-state index contributed by atoms with van der Waals surface area (Å²) >= 11 is 0. The van der Waals surface area contributed by atoms with Crippen LogP contribution in [0.25, 0.3) is 0 Å². The molecule has 0 bridgehead atoms. The average molecular weight is 267 g/mol. The Kier molecular flexibility index (Phi) is 5.88. The highest BCUT2D eigenvalue weighted by Crippen LogP contribution is 2.33. The zero-order valence-corrected chi connectivity index (χ0v) is 13.9. The summed E-state index contributed by atoms with van der Waals surface area (Å²) in [5, 5.41) is 0. The fourth-order valence-corrected chi connectivity index (χ4v) is 3.60. The van der Waals surface area contributed by atoms with E-state index in [-0.39, 0.29) is 5.92 Å². The molecule has 112 valence electrons. The summed E-state index contributed by atoms with van der Waals surface area (Å²) in [5.41, 5.74) is 0. The molecule has 0 spiro atoms. The van der Waals surface area contributed by atoms with E-state index in [4.69, 9.17) is 0 Å². The van der Waals surface area contributed by atoms with Crippen molar-refractivity contribution in [1.82, 2.24) is 4.90 Å². The van der Waals surface area contributed by atoms with Gasteiger partial charge in [-0.05, 0) is 30.1 Å². The predicted octanol–water partition coefficient (Wildman–Crippen LogP) is 4.20. The van der Waals surface area contributed by atoms with Crippen molar-refractivity contribution in [2.45, 2.75) is 67.3 Å². The van der Waals surface area contributed by atoms with E-state index in [0.717, 1.165) is 13.0 Å². The Morgan fingerprint density at radius 2 is 1.79 bits per heavy atom. The third kappa shape index (κ3) is 3.73. The predicted molar refractivity (Wildman–Crippen MR) is 81.9 cm³/mol. The number of nitrogens with zero attached hydrogens (tertiary/aromatic N) is 1. The van der Waals surface area contributed by atoms with Crippen LogP contribution in [-0.2, 0) is 4.79 Å². The Balaban J connectivity index is 2.89. The number of hydrogen-bond donors (Lipinski definition) is 0. The molecule has 2 unspecified atom stereocenters. The number of carbonyl (C=O) groups excluding carboxylic acids is 1. The largest absolute Gasteiger partial charge is 0.339 e. The topological polar surface area (TPSA) is 20.3 Å². The first kappa shape index (κ1) is 16.5. The van der Waals surface area contributed by atoms with E-state index < -0.39 is 0 Å². The van der Waals surface area contributed by atoms with Crippen molar-refractivity contribution in [3.63, 3.8) is 0 Å². The summed E-state index contributed by atoms with van der Waals surface area (Å²) < 4.78 is 0. The lowest BCUT2D eigenvalue weighted by Gasteiger charge is -2.35. The van der Waals surface area contributed by atoms with Crippen LogP contribution in [-0.4, -0.2) is 23.4 Å². The monoisotopic (exact) mass is 267 g/mol. The van der Waals surface area contributed by atoms with Crippen LogP contribution in [0.15, 0.2) is 0 Å². The van der Waals surface area contributed by atoms with Crippen LogP contribution < -0.4 is 0 Å². The molecule has 0 saturated carbocycles. The lowest BCUT2D eigenvalue weighted by Crippen LogP contribution is -2.45. The maximum absolute atomic E-state index is 13.0. The first-order chi connectivity index (χ1) is 8.79. The molecule has 0 aromatic heterocycles. The standard InChI is InChI=1S/C17H33NO/c1-8-14(7)16(12(4)5)17(19)18-10-13(6)9-15(18)11(2)3/h11-16H,8-10H2,1-7H3/t13?,14?,15-,16-/m0/s1. The molecule has 2 heteroatoms. The quantitative estimate of drug-likeness (QED) is 0.731. The summed E-state index contributed by atoms with van der Waals surface area (Å²) in [5.74, 6) is 2.74. The molecule has 2 nitrogen and oxygen atoms in total. The molecule has 1 rings (SSSR count). The Morgan fingerprint density at radius 3 is 2.21 bits per heavy atom. The maximum atomic E-state index is 13.0. The van der Waals surface area contributed by atoms with Gasteiger partial charge in [-0.25, -0.2) is 0 Å². The molecule has 1 aliphatic heterocycles. The average Bonchev–Trinajstić information content (AvgIpc) is 2.70. The Morgan fingerprint density at radius 1 is 1.21 bits per heavy atom. The fourth-order valence-electron chi connectivity index (χ4n) is 3.60. The SMILES string of the molecule is CCC(C)[C@@H](C(=O)N1CC(C)C[C@H]1C(C)C)C(C)C. The molecule has 1 amide bonds. The highest BCUT2D eigenvalue weighted by atomic mass is 16.2. The minimum atomic E-state index is 0.191. The van der Waals surface area contributed by atoms with Gasteiger partial charge in [0.1, 0.15) is 0 Å². The van der Waals surface area contributed by atoms with Crippen LogP contribution in [0.1, 0.15) is 61.3 Å². The van der Waals surface area contributed by atoms with E-state index >= 15 is 0 Å². The zero-order chi connectivity index (χ0) is 14.7. The smallest absolute Gasteiger partial charge is 0.226 e. The van der Waals surface area contributed by atoms with Crippen molar-refractivity contribution in [2.24, 2.45) is 29.6 Å². The molecule has 1 aliphatic rings. The summed E-state index contributed by atoms with van der Waals surface area (Å²) in [4.78, 5) is 15.2. The molecule has 1 fully saturated rings. The number of likely N-dealkylation sites (tertiary alicyclic amines) is 1. The van der Waals surface area contributed by atoms with Gasteiger partial charge in [0.05, 0.1) is 0 Å². The van der Waals surface area contributed by atoms with Crippen LogP contribution in [0.2, 0.25) is 0 Å². The minimum absolute atomic E-state index is 0.191. The molecular formula is C17H33NO. The second-order valence-corrected chi connectivity index (χ2v) is 7.30. The first-order valence-corrected chi connectivity index (χ1v) is 8.10. The van der Waals surface area contributed by atoms with Crippen molar-refractivity contribution in [1.29, 1.82) is 0 Å². The van der Waals surface area contributed by atoms with Gasteiger partial charge in [0.2, 0.25) is 5.91 Å². The van der Waals surface area contributed by atoms with Gasteiger partial charge < -0.3 is 4.90 Å². The number of rotatable bonds is 5. The second kappa shape index (κ2) is 6.76. The zero-order valence-electron chi connectivity index (χ0n) is 13.9. The highest BCUT2D eigenvalue weighted by molar-refractivity contribution is 5.80. The van der Waals surface area contributed by atoms with Gasteiger partial charge in [0, 0.05) is 18.5 Å². The maximum Gasteiger partial charge on any atom is 0.226 e. The van der Waals surface area contributed by atoms with Gasteiger partial charge in [-0.2, -0.15) is 0 Å². The van der Waals surface area contributed by atoms with Crippen molar-refractivity contribution >= 4 is 5.91 Å². The first-order valence-electron chi connectivity index (χ1n) is 8.10. The molecule has 1 heterocycles. The summed E-state index contributed by atoms with van der Waals surface area (Å²) in [6.45, 7) is 16.5. The van der Waals surface area contributed by atoms with Crippen LogP contribution in [0.5, 0.6) is 0 Å². The Hall–Kier alpha value is -0.530. The van der Waals surface area contributed by atoms with Crippen LogP contribution in [0.3, 0.4) is 0 Å². The van der Waals surface area contributed by atoms with Crippen molar-refractivity contribution in [3.8, 4) is 0 Å². The Bertz CT molecular complexity index is 298. The Labute approximate surface area is 119 Å². The molecule has 0 N–H and O–H groups in total. The van der Waals surface area contributed by atoms with Gasteiger partial charge in [0.15, 0.2) is 0 Å². The van der Waals surface area contributed by atoms with Crippen LogP contribution in [0.4, 0.5) is 0 Å². The van der Waals surface area contributed by atoms with Crippen molar-refractivity contribution in [2.75, 3.05) is 6.54 Å². The highest BCUT2D eigenvalue weighted by Gasteiger charge is 2.39. The normalized spacial score (nSPS) is 27.1. The van der Waals surface area contributed by atoms with Gasteiger partial charge >= 0.3 is 0 Å². The van der Waals surface area contributed by atoms with E-state index in [1.165, 1.54) is 6.42 Å². The fraction of sp³-hybridized carbons (Fsp3) is 0.941.